The van der Waals surface area contributed by atoms with Gasteiger partial charge < -0.3 is 9.84 Å². The average molecular weight is 188 g/mol. The van der Waals surface area contributed by atoms with Crippen LogP contribution in [0.2, 0.25) is 0 Å². The molecule has 0 aliphatic carbocycles. The Morgan fingerprint density at radius 1 is 1.38 bits per heavy atom. The van der Waals surface area contributed by atoms with E-state index >= 15 is 0 Å². The molecular weight excluding hydrogens is 172 g/mol. The number of unbranched alkanes of at least 4 members (excludes halogenated alkanes) is 2. The fraction of sp³-hybridized carbons (Fsp3) is 0.778. The summed E-state index contributed by atoms with van der Waals surface area (Å²) in [6.07, 6.45) is 2.84. The Kier molecular flexibility index (Phi) is 5.93. The second-order valence-corrected chi connectivity index (χ2v) is 2.93. The molecule has 0 aromatic heterocycles. The monoisotopic (exact) mass is 188 g/mol. The van der Waals surface area contributed by atoms with E-state index in [1.165, 1.54) is 6.92 Å². The Labute approximate surface area is 77.9 Å². The fourth-order valence-corrected chi connectivity index (χ4v) is 0.751. The number of rotatable bonds is 6. The van der Waals surface area contributed by atoms with Crippen molar-refractivity contribution in [2.24, 2.45) is 5.92 Å². The van der Waals surface area contributed by atoms with Gasteiger partial charge in [-0.25, -0.2) is 0 Å². The van der Waals surface area contributed by atoms with E-state index in [9.17, 15) is 9.59 Å². The lowest BCUT2D eigenvalue weighted by atomic mass is 10.2. The molecule has 0 aliphatic rings. The summed E-state index contributed by atoms with van der Waals surface area (Å²) < 4.78 is 4.75. The van der Waals surface area contributed by atoms with E-state index < -0.39 is 17.9 Å². The Bertz CT molecular complexity index is 176. The van der Waals surface area contributed by atoms with Crippen molar-refractivity contribution in [1.29, 1.82) is 0 Å². The van der Waals surface area contributed by atoms with Crippen LogP contribution < -0.4 is 0 Å². The summed E-state index contributed by atoms with van der Waals surface area (Å²) >= 11 is 0. The number of aliphatic carboxylic acids is 1. The van der Waals surface area contributed by atoms with Gasteiger partial charge in [0, 0.05) is 0 Å². The third-order valence-electron chi connectivity index (χ3n) is 1.72. The van der Waals surface area contributed by atoms with Crippen LogP contribution in [0.1, 0.15) is 33.1 Å². The third kappa shape index (κ3) is 5.22. The summed E-state index contributed by atoms with van der Waals surface area (Å²) in [5.74, 6) is -2.84. The molecule has 13 heavy (non-hydrogen) atoms. The Morgan fingerprint density at radius 3 is 2.46 bits per heavy atom. The molecule has 1 unspecified atom stereocenters. The van der Waals surface area contributed by atoms with Crippen LogP contribution in [0, 0.1) is 5.92 Å². The van der Waals surface area contributed by atoms with Crippen molar-refractivity contribution in [2.45, 2.75) is 33.1 Å². The number of carboxylic acid groups (broad SMARTS) is 1. The van der Waals surface area contributed by atoms with Crippen molar-refractivity contribution >= 4 is 11.9 Å². The smallest absolute Gasteiger partial charge is 0.320 e. The number of carboxylic acids is 1. The van der Waals surface area contributed by atoms with Gasteiger partial charge in [-0.1, -0.05) is 19.8 Å². The molecule has 1 N–H and O–H groups in total. The summed E-state index contributed by atoms with van der Waals surface area (Å²) in [5, 5.41) is 8.45. The molecule has 0 rings (SSSR count). The molecule has 4 nitrogen and oxygen atoms in total. The summed E-state index contributed by atoms with van der Waals surface area (Å²) in [6.45, 7) is 3.69. The van der Waals surface area contributed by atoms with E-state index in [-0.39, 0.29) is 0 Å². The van der Waals surface area contributed by atoms with Gasteiger partial charge in [0.05, 0.1) is 6.61 Å². The molecule has 0 amide bonds. The topological polar surface area (TPSA) is 63.6 Å². The first-order chi connectivity index (χ1) is 6.09. The van der Waals surface area contributed by atoms with Crippen molar-refractivity contribution in [3.63, 3.8) is 0 Å². The molecule has 0 fully saturated rings. The average Bonchev–Trinajstić information content (AvgIpc) is 2.10. The number of esters is 1. The first-order valence-corrected chi connectivity index (χ1v) is 4.49. The minimum atomic E-state index is -1.14. The van der Waals surface area contributed by atoms with Gasteiger partial charge in [-0.3, -0.25) is 9.59 Å². The van der Waals surface area contributed by atoms with E-state index in [2.05, 4.69) is 0 Å². The highest BCUT2D eigenvalue weighted by atomic mass is 16.5. The van der Waals surface area contributed by atoms with E-state index in [0.717, 1.165) is 19.3 Å². The third-order valence-corrected chi connectivity index (χ3v) is 1.72. The largest absolute Gasteiger partial charge is 0.481 e. The normalized spacial score (nSPS) is 12.2. The second kappa shape index (κ2) is 6.46. The molecule has 4 heteroatoms. The summed E-state index contributed by atoms with van der Waals surface area (Å²) in [4.78, 5) is 21.3. The number of carbonyl (C=O) groups is 2. The molecule has 0 aromatic rings. The van der Waals surface area contributed by atoms with Gasteiger partial charge in [-0.05, 0) is 13.3 Å². The van der Waals surface area contributed by atoms with Gasteiger partial charge in [-0.15, -0.1) is 0 Å². The lowest BCUT2D eigenvalue weighted by Crippen LogP contribution is -2.23. The molecule has 0 saturated carbocycles. The van der Waals surface area contributed by atoms with Crippen molar-refractivity contribution in [3.8, 4) is 0 Å². The number of hydrogen-bond acceptors (Lipinski definition) is 3. The zero-order valence-electron chi connectivity index (χ0n) is 8.08. The van der Waals surface area contributed by atoms with Crippen LogP contribution >= 0.6 is 0 Å². The Balaban J connectivity index is 3.56. The Morgan fingerprint density at radius 2 is 2.00 bits per heavy atom. The zero-order valence-corrected chi connectivity index (χ0v) is 8.08. The van der Waals surface area contributed by atoms with Crippen LogP contribution in [0.4, 0.5) is 0 Å². The maximum absolute atomic E-state index is 10.9. The summed E-state index contributed by atoms with van der Waals surface area (Å²) in [6, 6.07) is 0. The van der Waals surface area contributed by atoms with Crippen LogP contribution in [0.15, 0.2) is 0 Å². The van der Waals surface area contributed by atoms with Gasteiger partial charge in [0.2, 0.25) is 0 Å². The number of ether oxygens (including phenoxy) is 1. The summed E-state index contributed by atoms with van der Waals surface area (Å²) in [7, 11) is 0. The van der Waals surface area contributed by atoms with Crippen molar-refractivity contribution < 1.29 is 19.4 Å². The van der Waals surface area contributed by atoms with Crippen LogP contribution in [0.5, 0.6) is 0 Å². The molecule has 0 saturated heterocycles. The SMILES string of the molecule is CCCCCOC(=O)C(C)C(=O)O. The summed E-state index contributed by atoms with van der Waals surface area (Å²) in [5.41, 5.74) is 0. The maximum atomic E-state index is 10.9. The molecular formula is C9H16O4. The molecule has 0 aromatic carbocycles. The van der Waals surface area contributed by atoms with Gasteiger partial charge in [0.1, 0.15) is 0 Å². The van der Waals surface area contributed by atoms with E-state index in [4.69, 9.17) is 9.84 Å². The van der Waals surface area contributed by atoms with Gasteiger partial charge >= 0.3 is 11.9 Å². The van der Waals surface area contributed by atoms with Gasteiger partial charge in [0.25, 0.3) is 0 Å². The first kappa shape index (κ1) is 11.9. The molecule has 0 bridgehead atoms. The molecule has 0 spiro atoms. The van der Waals surface area contributed by atoms with Crippen molar-refractivity contribution in [1.82, 2.24) is 0 Å². The molecule has 1 atom stereocenters. The van der Waals surface area contributed by atoms with Gasteiger partial charge in [0.15, 0.2) is 5.92 Å². The highest BCUT2D eigenvalue weighted by Gasteiger charge is 2.21. The van der Waals surface area contributed by atoms with E-state index in [1.807, 2.05) is 6.92 Å². The molecule has 0 heterocycles. The second-order valence-electron chi connectivity index (χ2n) is 2.93. The maximum Gasteiger partial charge on any atom is 0.320 e. The number of carbonyl (C=O) groups excluding carboxylic acids is 1. The van der Waals surface area contributed by atoms with Crippen LogP contribution in [-0.2, 0) is 14.3 Å². The minimum Gasteiger partial charge on any atom is -0.481 e. The highest BCUT2D eigenvalue weighted by molar-refractivity contribution is 5.93. The predicted molar refractivity (Wildman–Crippen MR) is 47.3 cm³/mol. The molecule has 0 aliphatic heterocycles. The number of hydrogen-bond donors (Lipinski definition) is 1. The lowest BCUT2D eigenvalue weighted by molar-refractivity contribution is -0.157. The van der Waals surface area contributed by atoms with Gasteiger partial charge in [-0.2, -0.15) is 0 Å². The lowest BCUT2D eigenvalue weighted by Gasteiger charge is -2.06. The predicted octanol–water partition coefficient (Wildman–Crippen LogP) is 1.44. The molecule has 0 radical (unpaired) electrons. The highest BCUT2D eigenvalue weighted by Crippen LogP contribution is 2.01. The van der Waals surface area contributed by atoms with Crippen LogP contribution in [0.3, 0.4) is 0 Å². The molecule has 76 valence electrons. The Hall–Kier alpha value is -1.06. The van der Waals surface area contributed by atoms with Crippen LogP contribution in [-0.4, -0.2) is 23.7 Å². The van der Waals surface area contributed by atoms with E-state index in [0.29, 0.717) is 6.61 Å². The van der Waals surface area contributed by atoms with Crippen LogP contribution in [0.25, 0.3) is 0 Å². The minimum absolute atomic E-state index is 0.324. The van der Waals surface area contributed by atoms with Crippen molar-refractivity contribution in [2.75, 3.05) is 6.61 Å². The van der Waals surface area contributed by atoms with E-state index in [1.54, 1.807) is 0 Å². The van der Waals surface area contributed by atoms with Crippen molar-refractivity contribution in [3.05, 3.63) is 0 Å². The quantitative estimate of drug-likeness (QED) is 0.389. The fourth-order valence-electron chi connectivity index (χ4n) is 0.751. The standard InChI is InChI=1S/C9H16O4/c1-3-4-5-6-13-9(12)7(2)8(10)11/h7H,3-6H2,1-2H3,(H,10,11). The zero-order chi connectivity index (χ0) is 10.3. The first-order valence-electron chi connectivity index (χ1n) is 4.49.